The van der Waals surface area contributed by atoms with Gasteiger partial charge in [-0.15, -0.1) is 0 Å². The molecule has 0 bridgehead atoms. The van der Waals surface area contributed by atoms with Crippen molar-refractivity contribution in [1.82, 2.24) is 4.90 Å². The van der Waals surface area contributed by atoms with Gasteiger partial charge in [0.25, 0.3) is 0 Å². The standard InChI is InChI=1S/C23H26N2O2/c1-17-6-7-20-4-2-3-5-22(20)25(17)23(27)16-24-14-12-19(13-15-24)18-8-10-21(26)11-9-18/h2-5,8-12,17,26H,6-7,13-16H2,1H3. The largest absolute Gasteiger partial charge is 0.508 e. The number of phenols is 1. The third kappa shape index (κ3) is 3.76. The van der Waals surface area contributed by atoms with Gasteiger partial charge in [-0.25, -0.2) is 0 Å². The maximum Gasteiger partial charge on any atom is 0.241 e. The highest BCUT2D eigenvalue weighted by Crippen LogP contribution is 2.31. The Morgan fingerprint density at radius 1 is 1.11 bits per heavy atom. The van der Waals surface area contributed by atoms with Gasteiger partial charge in [0.05, 0.1) is 6.54 Å². The maximum atomic E-state index is 13.1. The Morgan fingerprint density at radius 3 is 2.63 bits per heavy atom. The average Bonchev–Trinajstić information content (AvgIpc) is 2.69. The summed E-state index contributed by atoms with van der Waals surface area (Å²) >= 11 is 0. The Kier molecular flexibility index (Phi) is 4.99. The molecule has 2 aliphatic heterocycles. The molecule has 4 nitrogen and oxygen atoms in total. The van der Waals surface area contributed by atoms with E-state index in [4.69, 9.17) is 0 Å². The zero-order valence-corrected chi connectivity index (χ0v) is 15.8. The van der Waals surface area contributed by atoms with Crippen molar-refractivity contribution in [3.8, 4) is 5.75 Å². The predicted molar refractivity (Wildman–Crippen MR) is 109 cm³/mol. The Morgan fingerprint density at radius 2 is 1.89 bits per heavy atom. The van der Waals surface area contributed by atoms with Gasteiger partial charge in [-0.3, -0.25) is 9.69 Å². The molecule has 2 aromatic rings. The molecular weight excluding hydrogens is 336 g/mol. The summed E-state index contributed by atoms with van der Waals surface area (Å²) < 4.78 is 0. The molecule has 2 aromatic carbocycles. The number of amides is 1. The van der Waals surface area contributed by atoms with Gasteiger partial charge in [0.1, 0.15) is 5.75 Å². The van der Waals surface area contributed by atoms with Crippen LogP contribution in [0.5, 0.6) is 5.75 Å². The molecule has 4 heteroatoms. The van der Waals surface area contributed by atoms with Crippen LogP contribution in [0, 0.1) is 0 Å². The molecule has 0 aromatic heterocycles. The third-order valence-corrected chi connectivity index (χ3v) is 5.68. The van der Waals surface area contributed by atoms with E-state index in [1.54, 1.807) is 12.1 Å². The van der Waals surface area contributed by atoms with Gasteiger partial charge in [0.2, 0.25) is 5.91 Å². The molecule has 0 spiro atoms. The number of nitrogens with zero attached hydrogens (tertiary/aromatic N) is 2. The molecule has 0 radical (unpaired) electrons. The first kappa shape index (κ1) is 17.8. The number of carbonyl (C=O) groups is 1. The number of hydrogen-bond donors (Lipinski definition) is 1. The molecule has 1 amide bonds. The maximum absolute atomic E-state index is 13.1. The number of carbonyl (C=O) groups excluding carboxylic acids is 1. The normalized spacial score (nSPS) is 20.1. The molecule has 0 aliphatic carbocycles. The second-order valence-corrected chi connectivity index (χ2v) is 7.54. The van der Waals surface area contributed by atoms with E-state index in [-0.39, 0.29) is 11.9 Å². The number of aromatic hydroxyl groups is 1. The molecule has 4 rings (SSSR count). The number of rotatable bonds is 3. The zero-order valence-electron chi connectivity index (χ0n) is 15.8. The van der Waals surface area contributed by atoms with Crippen LogP contribution in [0.25, 0.3) is 5.57 Å². The number of para-hydroxylation sites is 1. The minimum absolute atomic E-state index is 0.191. The van der Waals surface area contributed by atoms with Crippen LogP contribution in [0.1, 0.15) is 30.9 Å². The van der Waals surface area contributed by atoms with E-state index in [9.17, 15) is 9.90 Å². The smallest absolute Gasteiger partial charge is 0.241 e. The van der Waals surface area contributed by atoms with E-state index in [2.05, 4.69) is 36.1 Å². The number of fused-ring (bicyclic) bond motifs is 1. The topological polar surface area (TPSA) is 43.8 Å². The van der Waals surface area contributed by atoms with Crippen LogP contribution in [0.15, 0.2) is 54.6 Å². The number of benzene rings is 2. The lowest BCUT2D eigenvalue weighted by Gasteiger charge is -2.37. The lowest BCUT2D eigenvalue weighted by molar-refractivity contribution is -0.120. The van der Waals surface area contributed by atoms with Crippen molar-refractivity contribution < 1.29 is 9.90 Å². The number of phenolic OH excluding ortho intramolecular Hbond substituents is 1. The molecule has 27 heavy (non-hydrogen) atoms. The first-order chi connectivity index (χ1) is 13.1. The molecule has 0 saturated heterocycles. The zero-order chi connectivity index (χ0) is 18.8. The van der Waals surface area contributed by atoms with Crippen molar-refractivity contribution in [2.24, 2.45) is 0 Å². The summed E-state index contributed by atoms with van der Waals surface area (Å²) in [6.07, 6.45) is 5.19. The highest BCUT2D eigenvalue weighted by Gasteiger charge is 2.29. The van der Waals surface area contributed by atoms with Crippen molar-refractivity contribution in [2.45, 2.75) is 32.2 Å². The van der Waals surface area contributed by atoms with Gasteiger partial charge in [0.15, 0.2) is 0 Å². The van der Waals surface area contributed by atoms with Gasteiger partial charge < -0.3 is 10.0 Å². The highest BCUT2D eigenvalue weighted by molar-refractivity contribution is 5.96. The van der Waals surface area contributed by atoms with Crippen molar-refractivity contribution in [1.29, 1.82) is 0 Å². The third-order valence-electron chi connectivity index (χ3n) is 5.68. The van der Waals surface area contributed by atoms with Crippen LogP contribution in [-0.4, -0.2) is 41.6 Å². The van der Waals surface area contributed by atoms with Gasteiger partial charge in [-0.05, 0) is 61.1 Å². The Balaban J connectivity index is 1.43. The van der Waals surface area contributed by atoms with Crippen LogP contribution in [0.4, 0.5) is 5.69 Å². The molecule has 1 unspecified atom stereocenters. The lowest BCUT2D eigenvalue weighted by atomic mass is 9.96. The van der Waals surface area contributed by atoms with E-state index in [0.29, 0.717) is 12.3 Å². The fourth-order valence-corrected chi connectivity index (χ4v) is 4.13. The van der Waals surface area contributed by atoms with Crippen molar-refractivity contribution in [2.75, 3.05) is 24.5 Å². The van der Waals surface area contributed by atoms with Crippen LogP contribution in [-0.2, 0) is 11.2 Å². The molecule has 1 atom stereocenters. The molecular formula is C23H26N2O2. The summed E-state index contributed by atoms with van der Waals surface area (Å²) in [6.45, 7) is 4.26. The second-order valence-electron chi connectivity index (χ2n) is 7.54. The average molecular weight is 362 g/mol. The molecule has 1 N–H and O–H groups in total. The minimum atomic E-state index is 0.191. The number of aryl methyl sites for hydroxylation is 1. The van der Waals surface area contributed by atoms with Crippen LogP contribution >= 0.6 is 0 Å². The second kappa shape index (κ2) is 7.57. The van der Waals surface area contributed by atoms with Crippen molar-refractivity contribution >= 4 is 17.2 Å². The van der Waals surface area contributed by atoms with Gasteiger partial charge in [-0.2, -0.15) is 0 Å². The van der Waals surface area contributed by atoms with E-state index >= 15 is 0 Å². The van der Waals surface area contributed by atoms with Crippen molar-refractivity contribution in [3.05, 3.63) is 65.7 Å². The fraction of sp³-hybridized carbons (Fsp3) is 0.348. The first-order valence-corrected chi connectivity index (χ1v) is 9.72. The highest BCUT2D eigenvalue weighted by atomic mass is 16.3. The summed E-state index contributed by atoms with van der Waals surface area (Å²) in [5.41, 5.74) is 4.79. The van der Waals surface area contributed by atoms with Crippen LogP contribution in [0.3, 0.4) is 0 Å². The monoisotopic (exact) mass is 362 g/mol. The summed E-state index contributed by atoms with van der Waals surface area (Å²) in [5, 5.41) is 9.44. The minimum Gasteiger partial charge on any atom is -0.508 e. The quantitative estimate of drug-likeness (QED) is 0.902. The van der Waals surface area contributed by atoms with Gasteiger partial charge in [0, 0.05) is 24.8 Å². The molecule has 2 heterocycles. The summed E-state index contributed by atoms with van der Waals surface area (Å²) in [7, 11) is 0. The molecule has 0 saturated carbocycles. The SMILES string of the molecule is CC1CCc2ccccc2N1C(=O)CN1CC=C(c2ccc(O)cc2)CC1. The van der Waals surface area contributed by atoms with Gasteiger partial charge in [-0.1, -0.05) is 36.4 Å². The predicted octanol–water partition coefficient (Wildman–Crippen LogP) is 3.85. The van der Waals surface area contributed by atoms with E-state index in [1.807, 2.05) is 23.1 Å². The Hall–Kier alpha value is -2.59. The van der Waals surface area contributed by atoms with Crippen molar-refractivity contribution in [3.63, 3.8) is 0 Å². The Labute approximate surface area is 160 Å². The summed E-state index contributed by atoms with van der Waals surface area (Å²) in [6, 6.07) is 15.9. The first-order valence-electron chi connectivity index (χ1n) is 9.72. The van der Waals surface area contributed by atoms with E-state index < -0.39 is 0 Å². The lowest BCUT2D eigenvalue weighted by Crippen LogP contribution is -2.47. The van der Waals surface area contributed by atoms with Crippen LogP contribution in [0.2, 0.25) is 0 Å². The number of anilines is 1. The van der Waals surface area contributed by atoms with Gasteiger partial charge >= 0.3 is 0 Å². The molecule has 140 valence electrons. The molecule has 2 aliphatic rings. The number of hydrogen-bond acceptors (Lipinski definition) is 3. The fourth-order valence-electron chi connectivity index (χ4n) is 4.13. The summed E-state index contributed by atoms with van der Waals surface area (Å²) in [4.78, 5) is 17.3. The van der Waals surface area contributed by atoms with E-state index in [1.165, 1.54) is 11.1 Å². The van der Waals surface area contributed by atoms with Crippen LogP contribution < -0.4 is 4.90 Å². The Bertz CT molecular complexity index is 857. The molecule has 0 fully saturated rings. The van der Waals surface area contributed by atoms with E-state index in [0.717, 1.165) is 43.6 Å². The summed E-state index contributed by atoms with van der Waals surface area (Å²) in [5.74, 6) is 0.481.